The number of nitrogens with one attached hydrogen (secondary N) is 1. The molecule has 0 saturated carbocycles. The number of rotatable bonds is 6. The molecule has 1 heterocycles. The molecule has 1 N–H and O–H groups in total. The first kappa shape index (κ1) is 17.0. The van der Waals surface area contributed by atoms with Crippen molar-refractivity contribution in [3.05, 3.63) is 46.0 Å². The van der Waals surface area contributed by atoms with E-state index in [-0.39, 0.29) is 17.9 Å². The van der Waals surface area contributed by atoms with Gasteiger partial charge in [-0.25, -0.2) is 9.59 Å². The Morgan fingerprint density at radius 2 is 2.04 bits per heavy atom. The van der Waals surface area contributed by atoms with E-state index in [1.54, 1.807) is 37.3 Å². The van der Waals surface area contributed by atoms with Gasteiger partial charge < -0.3 is 9.47 Å². The lowest BCUT2D eigenvalue weighted by atomic mass is 10.2. The van der Waals surface area contributed by atoms with Crippen LogP contribution in [0.4, 0.5) is 0 Å². The van der Waals surface area contributed by atoms with Gasteiger partial charge >= 0.3 is 17.3 Å². The summed E-state index contributed by atoms with van der Waals surface area (Å²) >= 11 is 0. The van der Waals surface area contributed by atoms with Gasteiger partial charge in [-0.1, -0.05) is 0 Å². The molecule has 124 valence electrons. The number of ether oxygens (including phenoxy) is 2. The molecule has 0 amide bonds. The first-order valence-corrected chi connectivity index (χ1v) is 7.26. The molecule has 0 fully saturated rings. The fourth-order valence-electron chi connectivity index (χ4n) is 1.94. The highest BCUT2D eigenvalue weighted by Crippen LogP contribution is 2.12. The second-order valence-corrected chi connectivity index (χ2v) is 4.52. The molecule has 0 aliphatic heterocycles. The maximum atomic E-state index is 11.9. The second-order valence-electron chi connectivity index (χ2n) is 4.52. The predicted molar refractivity (Wildman–Crippen MR) is 82.3 cm³/mol. The fraction of sp³-hybridized carbons (Fsp3) is 0.250. The molecule has 8 heteroatoms. The van der Waals surface area contributed by atoms with Crippen LogP contribution in [-0.4, -0.2) is 24.5 Å². The fourth-order valence-corrected chi connectivity index (χ4v) is 1.94. The van der Waals surface area contributed by atoms with Gasteiger partial charge in [0, 0.05) is 18.2 Å². The van der Waals surface area contributed by atoms with E-state index in [4.69, 9.17) is 19.3 Å². The molecular weight excluding hydrogens is 314 g/mol. The topological polar surface area (TPSA) is 109 Å². The van der Waals surface area contributed by atoms with E-state index < -0.39 is 11.6 Å². The summed E-state index contributed by atoms with van der Waals surface area (Å²) in [6, 6.07) is 8.56. The first-order chi connectivity index (χ1) is 11.6. The minimum atomic E-state index is -0.807. The van der Waals surface area contributed by atoms with Gasteiger partial charge in [0.25, 0.3) is 0 Å². The normalized spacial score (nSPS) is 11.0. The number of nitrogens with zero attached hydrogens (tertiary/aromatic N) is 2. The highest BCUT2D eigenvalue weighted by atomic mass is 16.5. The smallest absolute Gasteiger partial charge is 0.435 e. The Morgan fingerprint density at radius 1 is 1.33 bits per heavy atom. The van der Waals surface area contributed by atoms with Crippen LogP contribution in [0.25, 0.3) is 11.8 Å². The third kappa shape index (κ3) is 3.70. The van der Waals surface area contributed by atoms with Crippen LogP contribution in [0, 0.1) is 11.3 Å². The summed E-state index contributed by atoms with van der Waals surface area (Å²) in [5.41, 5.74) is -0.468. The van der Waals surface area contributed by atoms with Crippen LogP contribution in [0.15, 0.2) is 39.2 Å². The predicted octanol–water partition coefficient (Wildman–Crippen LogP) is 1.11. The maximum Gasteiger partial charge on any atom is 0.435 e. The monoisotopic (exact) mass is 330 g/mol. The minimum Gasteiger partial charge on any atom is -0.494 e. The van der Waals surface area contributed by atoms with E-state index in [0.29, 0.717) is 18.0 Å². The minimum absolute atomic E-state index is 0.0104. The molecule has 0 bridgehead atoms. The van der Waals surface area contributed by atoms with Gasteiger partial charge in [0.1, 0.15) is 17.4 Å². The average molecular weight is 330 g/mol. The molecule has 0 saturated heterocycles. The zero-order valence-electron chi connectivity index (χ0n) is 13.2. The number of carbonyl (C=O) groups excluding carboxylic acids is 1. The van der Waals surface area contributed by atoms with E-state index in [0.717, 1.165) is 6.08 Å². The van der Waals surface area contributed by atoms with Gasteiger partial charge in [-0.2, -0.15) is 5.26 Å². The number of H-pyrrole nitrogens is 1. The van der Waals surface area contributed by atoms with E-state index >= 15 is 0 Å². The van der Waals surface area contributed by atoms with E-state index in [9.17, 15) is 9.59 Å². The summed E-state index contributed by atoms with van der Waals surface area (Å²) in [7, 11) is 0. The third-order valence-corrected chi connectivity index (χ3v) is 2.98. The van der Waals surface area contributed by atoms with Gasteiger partial charge in [0.15, 0.2) is 0 Å². The molecule has 24 heavy (non-hydrogen) atoms. The first-order valence-electron chi connectivity index (χ1n) is 7.26. The highest BCUT2D eigenvalue weighted by Gasteiger charge is 2.24. The molecule has 0 aliphatic rings. The van der Waals surface area contributed by atoms with Crippen molar-refractivity contribution in [2.45, 2.75) is 13.8 Å². The lowest BCUT2D eigenvalue weighted by molar-refractivity contribution is -0.672. The van der Waals surface area contributed by atoms with Crippen molar-refractivity contribution in [1.82, 2.24) is 5.27 Å². The maximum absolute atomic E-state index is 11.9. The molecule has 0 aliphatic carbocycles. The summed E-state index contributed by atoms with van der Waals surface area (Å²) in [6.07, 6.45) is 1.12. The van der Waals surface area contributed by atoms with Gasteiger partial charge in [0.2, 0.25) is 5.69 Å². The van der Waals surface area contributed by atoms with Crippen LogP contribution in [0.2, 0.25) is 0 Å². The standard InChI is InChI=1S/C16H15N3O5/c1-3-22-13-7-5-12(6-8-13)19-14(16(21)24-18-19)9-11(10-17)15(20)23-4-2/h5-9H,3-4H2,1-2H3/p+1. The number of benzene rings is 1. The highest BCUT2D eigenvalue weighted by molar-refractivity contribution is 5.97. The molecule has 2 aromatic rings. The van der Waals surface area contributed by atoms with Crippen LogP contribution in [0.1, 0.15) is 19.5 Å². The molecule has 2 rings (SSSR count). The number of hydrogen-bond donors (Lipinski definition) is 1. The van der Waals surface area contributed by atoms with Crippen molar-refractivity contribution >= 4 is 12.0 Å². The molecule has 0 atom stereocenters. The Balaban J connectivity index is 2.43. The molecular formula is C16H16N3O5+. The van der Waals surface area contributed by atoms with Crippen molar-refractivity contribution in [2.24, 2.45) is 0 Å². The summed E-state index contributed by atoms with van der Waals surface area (Å²) < 4.78 is 16.2. The van der Waals surface area contributed by atoms with Crippen LogP contribution >= 0.6 is 0 Å². The number of esters is 1. The van der Waals surface area contributed by atoms with E-state index in [1.165, 1.54) is 4.68 Å². The Morgan fingerprint density at radius 3 is 2.62 bits per heavy atom. The molecule has 0 spiro atoms. The number of aromatic amines is 1. The van der Waals surface area contributed by atoms with E-state index in [2.05, 4.69) is 5.27 Å². The lowest BCUT2D eigenvalue weighted by Crippen LogP contribution is -2.37. The Hall–Kier alpha value is -3.34. The number of hydrogen-bond acceptors (Lipinski definition) is 6. The molecule has 0 radical (unpaired) electrons. The zero-order valence-corrected chi connectivity index (χ0v) is 13.2. The zero-order chi connectivity index (χ0) is 17.5. The van der Waals surface area contributed by atoms with Gasteiger partial charge in [-0.3, -0.25) is 4.52 Å². The van der Waals surface area contributed by atoms with Crippen LogP contribution in [0.5, 0.6) is 5.75 Å². The Labute approximate surface area is 137 Å². The molecule has 1 aromatic heterocycles. The SMILES string of the molecule is CCOC(=O)C(C#N)=Cc1c(=O)o[nH][n+]1-c1ccc(OCC)cc1. The summed E-state index contributed by atoms with van der Waals surface area (Å²) in [5.74, 6) is -0.132. The summed E-state index contributed by atoms with van der Waals surface area (Å²) in [4.78, 5) is 23.6. The van der Waals surface area contributed by atoms with Crippen LogP contribution in [0.3, 0.4) is 0 Å². The number of nitriles is 1. The van der Waals surface area contributed by atoms with Crippen molar-refractivity contribution in [2.75, 3.05) is 13.2 Å². The van der Waals surface area contributed by atoms with Crippen LogP contribution in [-0.2, 0) is 9.53 Å². The van der Waals surface area contributed by atoms with E-state index in [1.807, 2.05) is 6.92 Å². The van der Waals surface area contributed by atoms with Crippen molar-refractivity contribution in [3.63, 3.8) is 0 Å². The molecule has 1 aromatic carbocycles. The van der Waals surface area contributed by atoms with Crippen molar-refractivity contribution in [1.29, 1.82) is 5.26 Å². The van der Waals surface area contributed by atoms with Gasteiger partial charge in [-0.15, -0.1) is 0 Å². The average Bonchev–Trinajstić information content (AvgIpc) is 2.94. The third-order valence-electron chi connectivity index (χ3n) is 2.98. The lowest BCUT2D eigenvalue weighted by Gasteiger charge is -2.01. The quantitative estimate of drug-likeness (QED) is 0.368. The summed E-state index contributed by atoms with van der Waals surface area (Å²) in [6.45, 7) is 4.15. The number of carbonyl (C=O) groups is 1. The largest absolute Gasteiger partial charge is 0.494 e. The molecule has 0 unspecified atom stereocenters. The van der Waals surface area contributed by atoms with Gasteiger partial charge in [0.05, 0.1) is 13.2 Å². The van der Waals surface area contributed by atoms with Crippen molar-refractivity contribution in [3.8, 4) is 17.5 Å². The van der Waals surface area contributed by atoms with Gasteiger partial charge in [-0.05, 0) is 35.9 Å². The Bertz CT molecular complexity index is 840. The van der Waals surface area contributed by atoms with Crippen LogP contribution < -0.4 is 15.0 Å². The second kappa shape index (κ2) is 7.78. The Kier molecular flexibility index (Phi) is 5.52. The van der Waals surface area contributed by atoms with Crippen molar-refractivity contribution < 1.29 is 23.5 Å². The molecule has 8 nitrogen and oxygen atoms in total. The number of aromatic nitrogens is 2. The summed E-state index contributed by atoms with van der Waals surface area (Å²) in [5, 5.41) is 11.5.